The number of halogens is 2. The van der Waals surface area contributed by atoms with Crippen LogP contribution in [0, 0.1) is 0 Å². The van der Waals surface area contributed by atoms with E-state index in [4.69, 9.17) is 11.6 Å². The summed E-state index contributed by atoms with van der Waals surface area (Å²) in [5.41, 5.74) is 0. The van der Waals surface area contributed by atoms with Crippen LogP contribution in [0.4, 0.5) is 4.39 Å². The van der Waals surface area contributed by atoms with Crippen LogP contribution < -0.4 is 4.74 Å². The molecule has 1 rings (SSSR count). The van der Waals surface area contributed by atoms with E-state index >= 15 is 0 Å². The van der Waals surface area contributed by atoms with Gasteiger partial charge in [-0.1, -0.05) is 23.7 Å². The molecule has 13 heavy (non-hydrogen) atoms. The van der Waals surface area contributed by atoms with Crippen molar-refractivity contribution in [1.29, 1.82) is 0 Å². The zero-order valence-corrected chi connectivity index (χ0v) is 7.29. The molecule has 1 aromatic rings. The summed E-state index contributed by atoms with van der Waals surface area (Å²) >= 11 is 5.67. The van der Waals surface area contributed by atoms with Crippen molar-refractivity contribution in [3.05, 3.63) is 41.7 Å². The van der Waals surface area contributed by atoms with Crippen molar-refractivity contribution in [2.45, 2.75) is 0 Å². The normalized spacial score (nSPS) is 10.3. The van der Waals surface area contributed by atoms with Gasteiger partial charge in [0.1, 0.15) is 5.75 Å². The summed E-state index contributed by atoms with van der Waals surface area (Å²) in [5, 5.41) is 0.308. The van der Waals surface area contributed by atoms with Crippen molar-refractivity contribution in [3.8, 4) is 5.75 Å². The topological polar surface area (TPSA) is 26.3 Å². The number of esters is 1. The lowest BCUT2D eigenvalue weighted by Crippen LogP contribution is -2.03. The third-order valence-electron chi connectivity index (χ3n) is 1.25. The minimum absolute atomic E-state index is 0.110. The summed E-state index contributed by atoms with van der Waals surface area (Å²) in [6, 6.07) is 6.45. The van der Waals surface area contributed by atoms with Crippen LogP contribution >= 0.6 is 11.6 Å². The first-order valence-electron chi connectivity index (χ1n) is 3.47. The minimum Gasteiger partial charge on any atom is -0.422 e. The molecule has 0 spiro atoms. The Balaban J connectivity index is 2.74. The average molecular weight is 201 g/mol. The largest absolute Gasteiger partial charge is 0.422 e. The summed E-state index contributed by atoms with van der Waals surface area (Å²) in [5.74, 6) is -0.581. The molecule has 0 saturated heterocycles. The second-order valence-electron chi connectivity index (χ2n) is 2.14. The van der Waals surface area contributed by atoms with Crippen LogP contribution in [-0.4, -0.2) is 5.97 Å². The molecule has 0 atom stereocenters. The van der Waals surface area contributed by atoms with Gasteiger partial charge in [0.25, 0.3) is 0 Å². The highest BCUT2D eigenvalue weighted by Gasteiger charge is 2.03. The molecule has 0 bridgehead atoms. The lowest BCUT2D eigenvalue weighted by Gasteiger charge is -2.01. The molecule has 0 aromatic heterocycles. The molecule has 4 heteroatoms. The van der Waals surface area contributed by atoms with Crippen LogP contribution in [0.25, 0.3) is 0 Å². The van der Waals surface area contributed by atoms with Gasteiger partial charge >= 0.3 is 5.97 Å². The first-order valence-corrected chi connectivity index (χ1v) is 3.85. The highest BCUT2D eigenvalue weighted by Crippen LogP contribution is 2.23. The Morgan fingerprint density at radius 1 is 1.46 bits per heavy atom. The van der Waals surface area contributed by atoms with Crippen molar-refractivity contribution in [2.75, 3.05) is 0 Å². The summed E-state index contributed by atoms with van der Waals surface area (Å²) < 4.78 is 16.2. The fourth-order valence-electron chi connectivity index (χ4n) is 0.721. The molecular weight excluding hydrogens is 195 g/mol. The maximum absolute atomic E-state index is 11.5. The Morgan fingerprint density at radius 2 is 2.15 bits per heavy atom. The Morgan fingerprint density at radius 3 is 2.77 bits per heavy atom. The van der Waals surface area contributed by atoms with E-state index in [9.17, 15) is 9.18 Å². The van der Waals surface area contributed by atoms with Crippen molar-refractivity contribution in [3.63, 3.8) is 0 Å². The molecule has 0 aliphatic rings. The lowest BCUT2D eigenvalue weighted by atomic mass is 10.3. The van der Waals surface area contributed by atoms with E-state index in [-0.39, 0.29) is 12.1 Å². The van der Waals surface area contributed by atoms with Gasteiger partial charge in [-0.05, 0) is 12.1 Å². The van der Waals surface area contributed by atoms with Crippen LogP contribution in [-0.2, 0) is 4.79 Å². The van der Waals surface area contributed by atoms with Crippen LogP contribution in [0.5, 0.6) is 5.75 Å². The first-order chi connectivity index (χ1) is 6.24. The fourth-order valence-corrected chi connectivity index (χ4v) is 0.896. The van der Waals surface area contributed by atoms with Gasteiger partial charge in [-0.2, -0.15) is 0 Å². The molecule has 68 valence electrons. The smallest absolute Gasteiger partial charge is 0.338 e. The summed E-state index contributed by atoms with van der Waals surface area (Å²) in [7, 11) is 0. The van der Waals surface area contributed by atoms with Crippen LogP contribution in [0.15, 0.2) is 36.7 Å². The Bertz CT molecular complexity index is 336. The van der Waals surface area contributed by atoms with Crippen LogP contribution in [0.2, 0.25) is 5.02 Å². The van der Waals surface area contributed by atoms with Gasteiger partial charge in [0.05, 0.1) is 17.4 Å². The number of rotatable bonds is 2. The molecule has 1 aromatic carbocycles. The van der Waals surface area contributed by atoms with E-state index in [0.29, 0.717) is 11.1 Å². The van der Waals surface area contributed by atoms with E-state index in [0.717, 1.165) is 0 Å². The molecule has 0 heterocycles. The molecule has 0 saturated carbocycles. The van der Waals surface area contributed by atoms with Gasteiger partial charge in [-0.15, -0.1) is 0 Å². The molecule has 0 N–H and O–H groups in total. The fraction of sp³-hybridized carbons (Fsp3) is 0. The monoisotopic (exact) mass is 200 g/mol. The van der Waals surface area contributed by atoms with Crippen molar-refractivity contribution in [1.82, 2.24) is 0 Å². The number of hydrogen-bond donors (Lipinski definition) is 0. The SMILES string of the molecule is O=C(C=CF)Oc1ccccc1Cl. The van der Waals surface area contributed by atoms with Gasteiger partial charge in [-0.25, -0.2) is 9.18 Å². The molecule has 2 nitrogen and oxygen atoms in total. The first kappa shape index (κ1) is 9.74. The zero-order valence-electron chi connectivity index (χ0n) is 6.54. The predicted octanol–water partition coefficient (Wildman–Crippen LogP) is 2.73. The maximum atomic E-state index is 11.5. The zero-order chi connectivity index (χ0) is 9.68. The molecule has 0 radical (unpaired) electrons. The standard InChI is InChI=1S/C9H6ClFO2/c10-7-3-1-2-4-8(7)13-9(12)5-6-11/h1-6H. The van der Waals surface area contributed by atoms with E-state index in [1.165, 1.54) is 6.07 Å². The molecule has 0 unspecified atom stereocenters. The number of para-hydroxylation sites is 1. The molecular formula is C9H6ClFO2. The summed E-state index contributed by atoms with van der Waals surface area (Å²) in [6.45, 7) is 0. The molecule has 0 fully saturated rings. The predicted molar refractivity (Wildman–Crippen MR) is 47.3 cm³/mol. The van der Waals surface area contributed by atoms with Crippen molar-refractivity contribution < 1.29 is 13.9 Å². The molecule has 0 aliphatic carbocycles. The van der Waals surface area contributed by atoms with E-state index in [2.05, 4.69) is 4.74 Å². The van der Waals surface area contributed by atoms with E-state index in [1.807, 2.05) is 0 Å². The van der Waals surface area contributed by atoms with Crippen molar-refractivity contribution in [2.24, 2.45) is 0 Å². The average Bonchev–Trinajstić information content (AvgIpc) is 2.09. The van der Waals surface area contributed by atoms with E-state index < -0.39 is 5.97 Å². The second kappa shape index (κ2) is 4.62. The lowest BCUT2D eigenvalue weighted by molar-refractivity contribution is -0.129. The Labute approximate surface area is 79.6 Å². The van der Waals surface area contributed by atoms with Gasteiger partial charge < -0.3 is 4.74 Å². The molecule has 0 amide bonds. The second-order valence-corrected chi connectivity index (χ2v) is 2.55. The number of carbonyl (C=O) groups excluding carboxylic acids is 1. The van der Waals surface area contributed by atoms with Crippen molar-refractivity contribution >= 4 is 17.6 Å². The maximum Gasteiger partial charge on any atom is 0.338 e. The third kappa shape index (κ3) is 2.87. The molecule has 0 aliphatic heterocycles. The van der Waals surface area contributed by atoms with Crippen LogP contribution in [0.3, 0.4) is 0 Å². The Kier molecular flexibility index (Phi) is 3.46. The minimum atomic E-state index is -0.796. The van der Waals surface area contributed by atoms with E-state index in [1.54, 1.807) is 18.2 Å². The van der Waals surface area contributed by atoms with Gasteiger partial charge in [0.2, 0.25) is 0 Å². The summed E-state index contributed by atoms with van der Waals surface area (Å²) in [4.78, 5) is 10.8. The number of carbonyl (C=O) groups is 1. The summed E-state index contributed by atoms with van der Waals surface area (Å²) in [6.07, 6.45) is 0.780. The van der Waals surface area contributed by atoms with Gasteiger partial charge in [0.15, 0.2) is 0 Å². The van der Waals surface area contributed by atoms with Crippen LogP contribution in [0.1, 0.15) is 0 Å². The number of benzene rings is 1. The quantitative estimate of drug-likeness (QED) is 0.417. The number of ether oxygens (including phenoxy) is 1. The highest BCUT2D eigenvalue weighted by molar-refractivity contribution is 6.32. The number of hydrogen-bond acceptors (Lipinski definition) is 2. The van der Waals surface area contributed by atoms with Gasteiger partial charge in [0, 0.05) is 0 Å². The van der Waals surface area contributed by atoms with Gasteiger partial charge in [-0.3, -0.25) is 0 Å². The third-order valence-corrected chi connectivity index (χ3v) is 1.56. The highest BCUT2D eigenvalue weighted by atomic mass is 35.5. The Hall–Kier alpha value is -1.35.